The maximum atomic E-state index is 15.7. The number of aryl methyl sites for hydroxylation is 4. The minimum Gasteiger partial charge on any atom is -0.326 e. The van der Waals surface area contributed by atoms with E-state index in [0.29, 0.717) is 62.0 Å². The number of rotatable bonds is 13. The van der Waals surface area contributed by atoms with Crippen LogP contribution in [0.15, 0.2) is 48.5 Å². The van der Waals surface area contributed by atoms with Crippen LogP contribution in [0.4, 0.5) is 11.4 Å². The molecule has 310 valence electrons. The Hall–Kier alpha value is -4.40. The van der Waals surface area contributed by atoms with Crippen molar-refractivity contribution in [2.24, 2.45) is 34.1 Å². The van der Waals surface area contributed by atoms with Crippen molar-refractivity contribution in [3.05, 3.63) is 93.6 Å². The summed E-state index contributed by atoms with van der Waals surface area (Å²) in [5, 5.41) is 7.06. The van der Waals surface area contributed by atoms with Crippen LogP contribution in [0.2, 0.25) is 0 Å². The van der Waals surface area contributed by atoms with Gasteiger partial charge in [-0.1, -0.05) is 126 Å². The van der Waals surface area contributed by atoms with Gasteiger partial charge in [0.1, 0.15) is 0 Å². The zero-order valence-corrected chi connectivity index (χ0v) is 36.5. The summed E-state index contributed by atoms with van der Waals surface area (Å²) in [5.41, 5.74) is 24.3. The van der Waals surface area contributed by atoms with Gasteiger partial charge >= 0.3 is 0 Å². The van der Waals surface area contributed by atoms with Gasteiger partial charge in [-0.2, -0.15) is 0 Å². The van der Waals surface area contributed by atoms with Crippen molar-refractivity contribution in [1.29, 1.82) is 0 Å². The molecule has 8 heteroatoms. The molecular weight excluding hydrogens is 717 g/mol. The number of aromatic nitrogens is 2. The van der Waals surface area contributed by atoms with Gasteiger partial charge in [-0.3, -0.25) is 19.6 Å². The maximum Gasteiger partial charge on any atom is 0.231 e. The van der Waals surface area contributed by atoms with Gasteiger partial charge < -0.3 is 22.1 Å². The number of nitrogens with zero attached hydrogens (tertiary/aromatic N) is 2. The van der Waals surface area contributed by atoms with E-state index in [2.05, 4.69) is 101 Å². The number of nitrogens with two attached hydrogens (primary N) is 2. The van der Waals surface area contributed by atoms with Gasteiger partial charge in [-0.05, 0) is 100 Å². The zero-order chi connectivity index (χ0) is 41.8. The van der Waals surface area contributed by atoms with Gasteiger partial charge in [0.25, 0.3) is 0 Å². The molecule has 2 amide bonds. The second kappa shape index (κ2) is 18.3. The van der Waals surface area contributed by atoms with Crippen molar-refractivity contribution in [2.75, 3.05) is 10.6 Å². The fourth-order valence-electron chi connectivity index (χ4n) is 10.2. The van der Waals surface area contributed by atoms with Gasteiger partial charge in [0, 0.05) is 35.6 Å². The molecule has 0 unspecified atom stereocenters. The van der Waals surface area contributed by atoms with Crippen molar-refractivity contribution >= 4 is 23.2 Å². The standard InChI is InChI=1S/C50H68N6O2/c1-31(2)27-41-39(29-51)43(37-19-15-33(5)16-20-37)45(35(7)53-41)55-47(57)49(23-11-9-12-24-49)50(25-13-10-14-26-50)48(58)56-46-36(8)54-42(28-32(3)4)40(30-52)44(46)38-21-17-34(6)18-22-38/h15-22,31-32H,9-14,23-30,51-52H2,1-8H3,(H,55,57)(H,56,58). The highest BCUT2D eigenvalue weighted by Crippen LogP contribution is 2.58. The Labute approximate surface area is 347 Å². The molecule has 2 saturated carbocycles. The molecule has 2 heterocycles. The Bertz CT molecular complexity index is 1940. The van der Waals surface area contributed by atoms with Crippen molar-refractivity contribution in [2.45, 2.75) is 146 Å². The molecule has 0 atom stereocenters. The molecule has 6 rings (SSSR count). The van der Waals surface area contributed by atoms with E-state index in [1.54, 1.807) is 0 Å². The van der Waals surface area contributed by atoms with Crippen LogP contribution in [0.3, 0.4) is 0 Å². The number of hydrogen-bond donors (Lipinski definition) is 4. The van der Waals surface area contributed by atoms with Gasteiger partial charge in [0.05, 0.1) is 33.6 Å². The Balaban J connectivity index is 1.50. The SMILES string of the molecule is Cc1ccc(-c2c(CN)c(CC(C)C)nc(C)c2NC(=O)C2(C3(C(=O)Nc4c(C)nc(CC(C)C)c(CN)c4-c4ccc(C)cc4)CCCCC3)CCCCC2)cc1. The lowest BCUT2D eigenvalue weighted by molar-refractivity contribution is -0.153. The van der Waals surface area contributed by atoms with E-state index in [9.17, 15) is 0 Å². The lowest BCUT2D eigenvalue weighted by Crippen LogP contribution is -2.58. The van der Waals surface area contributed by atoms with E-state index in [1.807, 2.05) is 13.8 Å². The molecule has 0 saturated heterocycles. The number of benzene rings is 2. The second-order valence-corrected chi connectivity index (χ2v) is 18.3. The third-order valence-corrected chi connectivity index (χ3v) is 13.1. The van der Waals surface area contributed by atoms with E-state index in [0.717, 1.165) is 119 Å². The average Bonchev–Trinajstić information content (AvgIpc) is 3.20. The Morgan fingerprint density at radius 1 is 0.569 bits per heavy atom. The first-order valence-corrected chi connectivity index (χ1v) is 22.0. The lowest BCUT2D eigenvalue weighted by atomic mass is 9.51. The summed E-state index contributed by atoms with van der Waals surface area (Å²) >= 11 is 0. The number of anilines is 2. The number of carbonyl (C=O) groups excluding carboxylic acids is 2. The Morgan fingerprint density at radius 3 is 1.19 bits per heavy atom. The molecule has 0 bridgehead atoms. The predicted molar refractivity (Wildman–Crippen MR) is 239 cm³/mol. The number of carbonyl (C=O) groups is 2. The normalized spacial score (nSPS) is 16.4. The summed E-state index contributed by atoms with van der Waals surface area (Å²) in [6.45, 7) is 17.5. The molecule has 0 aliphatic heterocycles. The topological polar surface area (TPSA) is 136 Å². The third kappa shape index (κ3) is 8.51. The van der Waals surface area contributed by atoms with Crippen LogP contribution in [0, 0.1) is 50.4 Å². The molecule has 58 heavy (non-hydrogen) atoms. The van der Waals surface area contributed by atoms with Gasteiger partial charge in [0.2, 0.25) is 11.8 Å². The van der Waals surface area contributed by atoms with Crippen LogP contribution in [0.25, 0.3) is 22.3 Å². The van der Waals surface area contributed by atoms with Crippen molar-refractivity contribution < 1.29 is 9.59 Å². The molecule has 2 aromatic heterocycles. The summed E-state index contributed by atoms with van der Waals surface area (Å²) in [4.78, 5) is 41.6. The Morgan fingerprint density at radius 2 is 0.897 bits per heavy atom. The highest BCUT2D eigenvalue weighted by molar-refractivity contribution is 6.07. The van der Waals surface area contributed by atoms with Crippen molar-refractivity contribution in [3.63, 3.8) is 0 Å². The molecular formula is C50H68N6O2. The number of amides is 2. The van der Waals surface area contributed by atoms with Gasteiger partial charge in [0.15, 0.2) is 0 Å². The number of nitrogens with one attached hydrogen (secondary N) is 2. The largest absolute Gasteiger partial charge is 0.326 e. The minimum atomic E-state index is -0.925. The molecule has 0 radical (unpaired) electrons. The first-order valence-electron chi connectivity index (χ1n) is 22.0. The zero-order valence-electron chi connectivity index (χ0n) is 36.5. The van der Waals surface area contributed by atoms with E-state index < -0.39 is 10.8 Å². The fraction of sp³-hybridized carbons (Fsp3) is 0.520. The van der Waals surface area contributed by atoms with E-state index >= 15 is 9.59 Å². The predicted octanol–water partition coefficient (Wildman–Crippen LogP) is 10.8. The molecule has 2 fully saturated rings. The van der Waals surface area contributed by atoms with Crippen LogP contribution >= 0.6 is 0 Å². The number of pyridine rings is 2. The van der Waals surface area contributed by atoms with Crippen LogP contribution in [0.5, 0.6) is 0 Å². The van der Waals surface area contributed by atoms with E-state index in [1.165, 1.54) is 0 Å². The molecule has 8 nitrogen and oxygen atoms in total. The molecule has 0 spiro atoms. The van der Waals surface area contributed by atoms with Gasteiger partial charge in [-0.25, -0.2) is 0 Å². The molecule has 2 aliphatic rings. The number of hydrogen-bond acceptors (Lipinski definition) is 6. The first-order chi connectivity index (χ1) is 27.7. The highest BCUT2D eigenvalue weighted by Gasteiger charge is 2.60. The summed E-state index contributed by atoms with van der Waals surface area (Å²) < 4.78 is 0. The molecule has 4 aromatic rings. The summed E-state index contributed by atoms with van der Waals surface area (Å²) in [6.07, 6.45) is 9.83. The highest BCUT2D eigenvalue weighted by atomic mass is 16.2. The first kappa shape index (κ1) is 43.2. The third-order valence-electron chi connectivity index (χ3n) is 13.1. The van der Waals surface area contributed by atoms with Crippen LogP contribution in [-0.2, 0) is 35.5 Å². The van der Waals surface area contributed by atoms with E-state index in [-0.39, 0.29) is 11.8 Å². The molecule has 6 N–H and O–H groups in total. The van der Waals surface area contributed by atoms with Crippen LogP contribution in [0.1, 0.15) is 137 Å². The maximum absolute atomic E-state index is 15.7. The summed E-state index contributed by atoms with van der Waals surface area (Å²) in [7, 11) is 0. The lowest BCUT2D eigenvalue weighted by Gasteiger charge is -2.52. The summed E-state index contributed by atoms with van der Waals surface area (Å²) in [6, 6.07) is 16.9. The molecule has 2 aliphatic carbocycles. The summed E-state index contributed by atoms with van der Waals surface area (Å²) in [5.74, 6) is 0.615. The minimum absolute atomic E-state index is 0.0781. The van der Waals surface area contributed by atoms with Crippen LogP contribution in [-0.4, -0.2) is 21.8 Å². The quantitative estimate of drug-likeness (QED) is 0.107. The second-order valence-electron chi connectivity index (χ2n) is 18.3. The Kier molecular flexibility index (Phi) is 13.6. The smallest absolute Gasteiger partial charge is 0.231 e. The fourth-order valence-corrected chi connectivity index (χ4v) is 10.2. The van der Waals surface area contributed by atoms with Crippen molar-refractivity contribution in [3.8, 4) is 22.3 Å². The van der Waals surface area contributed by atoms with E-state index in [4.69, 9.17) is 21.4 Å². The van der Waals surface area contributed by atoms with Crippen molar-refractivity contribution in [1.82, 2.24) is 9.97 Å². The average molecular weight is 785 g/mol. The monoisotopic (exact) mass is 785 g/mol. The van der Waals surface area contributed by atoms with Gasteiger partial charge in [-0.15, -0.1) is 0 Å². The van der Waals surface area contributed by atoms with Crippen LogP contribution < -0.4 is 22.1 Å². The molecule has 2 aromatic carbocycles.